The molecule has 0 spiro atoms. The number of aryl methyl sites for hydroxylation is 1. The van der Waals surface area contributed by atoms with Gasteiger partial charge in [-0.1, -0.05) is 37.7 Å². The number of aromatic nitrogens is 3. The van der Waals surface area contributed by atoms with E-state index < -0.39 is 12.4 Å². The average Bonchev–Trinajstić information content (AvgIpc) is 3.59. The van der Waals surface area contributed by atoms with E-state index in [0.717, 1.165) is 11.1 Å². The number of halogens is 3. The fraction of sp³-hybridized carbons (Fsp3) is 0.233. The lowest BCUT2D eigenvalue weighted by atomic mass is 9.99. The highest BCUT2D eigenvalue weighted by Crippen LogP contribution is 2.35. The van der Waals surface area contributed by atoms with Crippen molar-refractivity contribution in [2.45, 2.75) is 33.1 Å². The van der Waals surface area contributed by atoms with Crippen molar-refractivity contribution in [2.75, 3.05) is 23.1 Å². The summed E-state index contributed by atoms with van der Waals surface area (Å²) in [4.78, 5) is 35.9. The average molecular weight is 625 g/mol. The first-order valence-corrected chi connectivity index (χ1v) is 14.3. The van der Waals surface area contributed by atoms with Crippen LogP contribution < -0.4 is 19.7 Å². The molecule has 44 heavy (non-hydrogen) atoms. The molecule has 0 bridgehead atoms. The van der Waals surface area contributed by atoms with E-state index in [1.807, 2.05) is 39.0 Å². The summed E-state index contributed by atoms with van der Waals surface area (Å²) in [6.45, 7) is 6.01. The van der Waals surface area contributed by atoms with Gasteiger partial charge < -0.3 is 14.8 Å². The zero-order valence-corrected chi connectivity index (χ0v) is 24.9. The van der Waals surface area contributed by atoms with Crippen LogP contribution in [0.3, 0.4) is 0 Å². The molecule has 0 atom stereocenters. The molecule has 3 amide bonds. The Labute approximate surface area is 254 Å². The Hall–Kier alpha value is -4.85. The number of carbonyl (C=O) groups excluding carboxylic acids is 2. The minimum atomic E-state index is -4.78. The number of carbonyl (C=O) groups is 2. The number of aliphatic imine (C=N–C) groups is 1. The van der Waals surface area contributed by atoms with Gasteiger partial charge in [-0.15, -0.1) is 18.3 Å². The minimum absolute atomic E-state index is 0.154. The van der Waals surface area contributed by atoms with Crippen LogP contribution in [-0.2, 0) is 4.79 Å². The molecule has 3 aromatic carbocycles. The third-order valence-electron chi connectivity index (χ3n) is 6.54. The molecule has 1 aromatic heterocycles. The molecule has 1 N–H and O–H groups in total. The summed E-state index contributed by atoms with van der Waals surface area (Å²) in [5, 5.41) is 7.39. The first-order chi connectivity index (χ1) is 20.9. The standard InChI is InChI=1S/C30H27F3N6O4S/c1-17(2)22-11-5-18(3)13-24(22)39-26(40)15-44-29(39)36-28(41)35-23-12-6-19(14-25(23)42-4)27-34-16-38(37-27)20-7-9-21(10-8-20)43-30(31,32)33/h5-14,16-17H,15H2,1-4H3,(H,35,41). The van der Waals surface area contributed by atoms with Crippen LogP contribution in [0.1, 0.15) is 30.9 Å². The number of benzene rings is 3. The summed E-state index contributed by atoms with van der Waals surface area (Å²) in [5.74, 6) is 0.437. The van der Waals surface area contributed by atoms with Crippen LogP contribution in [0, 0.1) is 6.92 Å². The number of nitrogens with zero attached hydrogens (tertiary/aromatic N) is 5. The Balaban J connectivity index is 1.33. The quantitative estimate of drug-likeness (QED) is 0.237. The van der Waals surface area contributed by atoms with Crippen molar-refractivity contribution < 1.29 is 32.2 Å². The molecular weight excluding hydrogens is 597 g/mol. The summed E-state index contributed by atoms with van der Waals surface area (Å²) in [6.07, 6.45) is -3.37. The maximum atomic E-state index is 13.0. The molecule has 1 fully saturated rings. The van der Waals surface area contributed by atoms with Crippen molar-refractivity contribution in [1.82, 2.24) is 14.8 Å². The highest BCUT2D eigenvalue weighted by atomic mass is 32.2. The lowest BCUT2D eigenvalue weighted by molar-refractivity contribution is -0.274. The smallest absolute Gasteiger partial charge is 0.495 e. The van der Waals surface area contributed by atoms with Crippen molar-refractivity contribution in [2.24, 2.45) is 4.99 Å². The molecule has 0 aliphatic carbocycles. The summed E-state index contributed by atoms with van der Waals surface area (Å²) < 4.78 is 48.1. The zero-order chi connectivity index (χ0) is 31.6. The van der Waals surface area contributed by atoms with Gasteiger partial charge in [0.1, 0.15) is 17.8 Å². The van der Waals surface area contributed by atoms with Gasteiger partial charge in [0.2, 0.25) is 5.91 Å². The number of urea groups is 1. The van der Waals surface area contributed by atoms with Crippen LogP contribution in [0.2, 0.25) is 0 Å². The van der Waals surface area contributed by atoms with Crippen molar-refractivity contribution in [1.29, 1.82) is 0 Å². The van der Waals surface area contributed by atoms with Gasteiger partial charge in [0.25, 0.3) is 0 Å². The Morgan fingerprint density at radius 1 is 1.09 bits per heavy atom. The number of amides is 3. The minimum Gasteiger partial charge on any atom is -0.495 e. The predicted molar refractivity (Wildman–Crippen MR) is 162 cm³/mol. The van der Waals surface area contributed by atoms with E-state index in [0.29, 0.717) is 34.2 Å². The Morgan fingerprint density at radius 3 is 2.52 bits per heavy atom. The van der Waals surface area contributed by atoms with Crippen LogP contribution >= 0.6 is 11.8 Å². The highest BCUT2D eigenvalue weighted by Gasteiger charge is 2.33. The van der Waals surface area contributed by atoms with Gasteiger partial charge in [0.05, 0.1) is 29.9 Å². The first-order valence-electron chi connectivity index (χ1n) is 13.3. The molecule has 14 heteroatoms. The van der Waals surface area contributed by atoms with E-state index >= 15 is 0 Å². The molecule has 1 saturated heterocycles. The van der Waals surface area contributed by atoms with Crippen LogP contribution in [0.15, 0.2) is 72.0 Å². The van der Waals surface area contributed by atoms with Gasteiger partial charge in [0, 0.05) is 5.56 Å². The fourth-order valence-electron chi connectivity index (χ4n) is 4.50. The number of ether oxygens (including phenoxy) is 2. The van der Waals surface area contributed by atoms with Crippen molar-refractivity contribution in [3.63, 3.8) is 0 Å². The molecule has 0 saturated carbocycles. The fourth-order valence-corrected chi connectivity index (χ4v) is 5.36. The van der Waals surface area contributed by atoms with Gasteiger partial charge in [-0.2, -0.15) is 4.99 Å². The molecule has 2 heterocycles. The summed E-state index contributed by atoms with van der Waals surface area (Å²) in [7, 11) is 1.44. The SMILES string of the molecule is COc1cc(-c2ncn(-c3ccc(OC(F)(F)F)cc3)n2)ccc1NC(=O)N=C1SCC(=O)N1c1cc(C)ccc1C(C)C. The predicted octanol–water partition coefficient (Wildman–Crippen LogP) is 6.94. The Kier molecular flexibility index (Phi) is 8.63. The van der Waals surface area contributed by atoms with E-state index in [2.05, 4.69) is 25.1 Å². The zero-order valence-electron chi connectivity index (χ0n) is 24.0. The molecule has 0 radical (unpaired) electrons. The van der Waals surface area contributed by atoms with E-state index in [1.54, 1.807) is 18.2 Å². The number of alkyl halides is 3. The number of hydrogen-bond acceptors (Lipinski definition) is 7. The Bertz CT molecular complexity index is 1740. The lowest BCUT2D eigenvalue weighted by Crippen LogP contribution is -2.31. The maximum Gasteiger partial charge on any atom is 0.573 e. The van der Waals surface area contributed by atoms with Crippen molar-refractivity contribution >= 4 is 40.2 Å². The number of anilines is 2. The monoisotopic (exact) mass is 624 g/mol. The molecule has 10 nitrogen and oxygen atoms in total. The van der Waals surface area contributed by atoms with Gasteiger partial charge in [-0.05, 0) is 72.5 Å². The number of methoxy groups -OCH3 is 1. The van der Waals surface area contributed by atoms with E-state index in [1.165, 1.54) is 59.0 Å². The number of rotatable bonds is 7. The van der Waals surface area contributed by atoms with Crippen LogP contribution in [0.4, 0.5) is 29.3 Å². The molecular formula is C30H27F3N6O4S. The molecule has 5 rings (SSSR count). The molecule has 228 valence electrons. The largest absolute Gasteiger partial charge is 0.573 e. The topological polar surface area (TPSA) is 111 Å². The molecule has 0 unspecified atom stereocenters. The lowest BCUT2D eigenvalue weighted by Gasteiger charge is -2.22. The van der Waals surface area contributed by atoms with Crippen molar-refractivity contribution in [3.8, 4) is 28.6 Å². The summed E-state index contributed by atoms with van der Waals surface area (Å²) in [5.41, 5.74) is 4.03. The second-order valence-corrected chi connectivity index (χ2v) is 11.0. The van der Waals surface area contributed by atoms with Crippen LogP contribution in [0.5, 0.6) is 11.5 Å². The van der Waals surface area contributed by atoms with E-state index in [4.69, 9.17) is 4.74 Å². The van der Waals surface area contributed by atoms with Crippen LogP contribution in [-0.4, -0.2) is 51.1 Å². The number of hydrogen-bond donors (Lipinski definition) is 1. The summed E-state index contributed by atoms with van der Waals surface area (Å²) in [6, 6.07) is 15.3. The van der Waals surface area contributed by atoms with E-state index in [-0.39, 0.29) is 28.5 Å². The normalized spacial score (nSPS) is 14.4. The number of thioether (sulfide) groups is 1. The molecule has 1 aliphatic rings. The van der Waals surface area contributed by atoms with E-state index in [9.17, 15) is 22.8 Å². The van der Waals surface area contributed by atoms with Crippen molar-refractivity contribution in [3.05, 3.63) is 78.1 Å². The Morgan fingerprint density at radius 2 is 1.84 bits per heavy atom. The maximum absolute atomic E-state index is 13.0. The number of amidine groups is 1. The van der Waals surface area contributed by atoms with Gasteiger partial charge >= 0.3 is 12.4 Å². The van der Waals surface area contributed by atoms with Crippen LogP contribution in [0.25, 0.3) is 17.1 Å². The van der Waals surface area contributed by atoms with Gasteiger partial charge in [-0.3, -0.25) is 9.69 Å². The third-order valence-corrected chi connectivity index (χ3v) is 7.46. The second-order valence-electron chi connectivity index (χ2n) is 10.0. The van der Waals surface area contributed by atoms with Gasteiger partial charge in [-0.25, -0.2) is 14.5 Å². The number of nitrogens with one attached hydrogen (secondary N) is 1. The molecule has 1 aliphatic heterocycles. The summed E-state index contributed by atoms with van der Waals surface area (Å²) >= 11 is 1.19. The third kappa shape index (κ3) is 6.86. The first kappa shape index (κ1) is 30.6. The van der Waals surface area contributed by atoms with Gasteiger partial charge in [0.15, 0.2) is 11.0 Å². The second kappa shape index (κ2) is 12.4. The highest BCUT2D eigenvalue weighted by molar-refractivity contribution is 8.15. The molecule has 4 aromatic rings.